The molecule has 4 amide bonds. The number of carbonyl (C=O) groups excluding carboxylic acids is 3. The van der Waals surface area contributed by atoms with Gasteiger partial charge in [0.15, 0.2) is 0 Å². The number of para-hydroxylation sites is 1. The Hall–Kier alpha value is -3.73. The first-order valence-corrected chi connectivity index (χ1v) is 14.5. The molecule has 12 heteroatoms. The van der Waals surface area contributed by atoms with Gasteiger partial charge in [-0.1, -0.05) is 29.8 Å². The molecule has 1 atom stereocenters. The van der Waals surface area contributed by atoms with Gasteiger partial charge in [0.1, 0.15) is 6.54 Å². The highest BCUT2D eigenvalue weighted by atomic mass is 35.5. The van der Waals surface area contributed by atoms with Crippen LogP contribution in [0.3, 0.4) is 0 Å². The molecule has 4 heterocycles. The second-order valence-electron chi connectivity index (χ2n) is 11.3. The average Bonchev–Trinajstić information content (AvgIpc) is 3.34. The van der Waals surface area contributed by atoms with Gasteiger partial charge in [0.25, 0.3) is 0 Å². The number of nitrogens with one attached hydrogen (secondary N) is 2. The maximum Gasteiger partial charge on any atom is 0.406 e. The number of anilines is 1. The van der Waals surface area contributed by atoms with Gasteiger partial charge in [-0.3, -0.25) is 9.59 Å². The SMILES string of the molecule is O=C(C[C@@H]1Cc2cc(Cl)c3[nH]ccc3c2CN(CC(F)(F)F)C1=O)N1CCC(N2CCc3ccccc3NC2=O)CC1. The van der Waals surface area contributed by atoms with Crippen LogP contribution in [0.1, 0.15) is 36.0 Å². The molecular weight excluding hydrogens is 571 g/mol. The number of carbonyl (C=O) groups is 3. The fourth-order valence-corrected chi connectivity index (χ4v) is 6.86. The van der Waals surface area contributed by atoms with E-state index in [-0.39, 0.29) is 37.4 Å². The van der Waals surface area contributed by atoms with Crippen molar-refractivity contribution in [3.05, 3.63) is 64.3 Å². The fourth-order valence-electron chi connectivity index (χ4n) is 6.57. The van der Waals surface area contributed by atoms with E-state index in [4.69, 9.17) is 11.6 Å². The van der Waals surface area contributed by atoms with Gasteiger partial charge < -0.3 is 25.0 Å². The molecule has 3 aromatic rings. The van der Waals surface area contributed by atoms with Crippen LogP contribution < -0.4 is 5.32 Å². The van der Waals surface area contributed by atoms with Gasteiger partial charge in [0.05, 0.1) is 16.5 Å². The van der Waals surface area contributed by atoms with E-state index in [1.807, 2.05) is 29.2 Å². The second kappa shape index (κ2) is 11.2. The molecule has 0 aliphatic carbocycles. The molecule has 1 fully saturated rings. The smallest absolute Gasteiger partial charge is 0.360 e. The number of aromatic amines is 1. The molecule has 222 valence electrons. The maximum absolute atomic E-state index is 13.5. The summed E-state index contributed by atoms with van der Waals surface area (Å²) in [6.45, 7) is -0.224. The lowest BCUT2D eigenvalue weighted by molar-refractivity contribution is -0.165. The van der Waals surface area contributed by atoms with Crippen LogP contribution in [0.15, 0.2) is 42.6 Å². The normalized spacial score (nSPS) is 20.2. The monoisotopic (exact) mass is 601 g/mol. The molecule has 0 unspecified atom stereocenters. The molecule has 42 heavy (non-hydrogen) atoms. The van der Waals surface area contributed by atoms with Crippen LogP contribution in [0, 0.1) is 5.92 Å². The zero-order valence-corrected chi connectivity index (χ0v) is 23.6. The number of fused-ring (bicyclic) bond motifs is 4. The molecule has 2 N–H and O–H groups in total. The number of piperidine rings is 1. The number of nitrogens with zero attached hydrogens (tertiary/aromatic N) is 3. The maximum atomic E-state index is 13.5. The third-order valence-electron chi connectivity index (χ3n) is 8.67. The van der Waals surface area contributed by atoms with Gasteiger partial charge in [-0.25, -0.2) is 4.79 Å². The number of rotatable bonds is 4. The molecular formula is C30H31ClF3N5O3. The van der Waals surface area contributed by atoms with Crippen molar-refractivity contribution in [3.63, 3.8) is 0 Å². The third kappa shape index (κ3) is 5.66. The topological polar surface area (TPSA) is 88.8 Å². The van der Waals surface area contributed by atoms with E-state index >= 15 is 0 Å². The highest BCUT2D eigenvalue weighted by Crippen LogP contribution is 2.36. The summed E-state index contributed by atoms with van der Waals surface area (Å²) in [7, 11) is 0. The van der Waals surface area contributed by atoms with E-state index in [0.29, 0.717) is 59.5 Å². The van der Waals surface area contributed by atoms with Crippen molar-refractivity contribution in [1.29, 1.82) is 0 Å². The first kappa shape index (κ1) is 28.4. The summed E-state index contributed by atoms with van der Waals surface area (Å²) in [6.07, 6.45) is -1.10. The molecule has 6 rings (SSSR count). The van der Waals surface area contributed by atoms with Crippen molar-refractivity contribution in [2.75, 3.05) is 31.5 Å². The van der Waals surface area contributed by atoms with Crippen molar-refractivity contribution in [3.8, 4) is 0 Å². The number of halogens is 4. The predicted molar refractivity (Wildman–Crippen MR) is 152 cm³/mol. The van der Waals surface area contributed by atoms with Crippen molar-refractivity contribution < 1.29 is 27.6 Å². The van der Waals surface area contributed by atoms with E-state index < -0.39 is 24.5 Å². The van der Waals surface area contributed by atoms with E-state index in [1.165, 1.54) is 0 Å². The van der Waals surface area contributed by atoms with Crippen LogP contribution in [-0.4, -0.2) is 75.9 Å². The highest BCUT2D eigenvalue weighted by Gasteiger charge is 2.40. The summed E-state index contributed by atoms with van der Waals surface area (Å²) in [4.78, 5) is 47.1. The summed E-state index contributed by atoms with van der Waals surface area (Å²) < 4.78 is 40.5. The van der Waals surface area contributed by atoms with Crippen LogP contribution in [0.4, 0.5) is 23.7 Å². The van der Waals surface area contributed by atoms with Gasteiger partial charge in [-0.15, -0.1) is 0 Å². The minimum Gasteiger partial charge on any atom is -0.360 e. The zero-order chi connectivity index (χ0) is 29.6. The minimum absolute atomic E-state index is 0.0390. The molecule has 3 aliphatic heterocycles. The van der Waals surface area contributed by atoms with Gasteiger partial charge in [0.2, 0.25) is 11.8 Å². The number of H-pyrrole nitrogens is 1. The standard InChI is InChI=1S/C30H31ClF3N5O3/c31-24-14-19-13-20(28(41)38(17-30(32,33)34)16-23(19)22-5-9-35-27(22)24)15-26(40)37-10-7-21(8-11-37)39-12-6-18-3-1-2-4-25(18)36-29(39)42/h1-5,9,14,20-21,35H,6-8,10-13,15-17H2,(H,36,42)/t20-/m0/s1. The van der Waals surface area contributed by atoms with Gasteiger partial charge in [0, 0.05) is 55.9 Å². The number of alkyl halides is 3. The number of hydrogen-bond donors (Lipinski definition) is 2. The van der Waals surface area contributed by atoms with E-state index in [9.17, 15) is 27.6 Å². The molecule has 0 saturated carbocycles. The summed E-state index contributed by atoms with van der Waals surface area (Å²) in [5, 5.41) is 4.07. The Kier molecular flexibility index (Phi) is 7.55. The van der Waals surface area contributed by atoms with Gasteiger partial charge in [-0.05, 0) is 60.6 Å². The first-order chi connectivity index (χ1) is 20.1. The third-order valence-corrected chi connectivity index (χ3v) is 8.96. The van der Waals surface area contributed by atoms with E-state index in [1.54, 1.807) is 23.2 Å². The zero-order valence-electron chi connectivity index (χ0n) is 22.8. The predicted octanol–water partition coefficient (Wildman–Crippen LogP) is 5.36. The second-order valence-corrected chi connectivity index (χ2v) is 11.7. The average molecular weight is 602 g/mol. The Morgan fingerprint density at radius 2 is 1.81 bits per heavy atom. The Labute approximate surface area is 245 Å². The van der Waals surface area contributed by atoms with Crippen molar-refractivity contribution >= 4 is 46.0 Å². The number of amides is 4. The van der Waals surface area contributed by atoms with Gasteiger partial charge in [-0.2, -0.15) is 13.2 Å². The van der Waals surface area contributed by atoms with Crippen LogP contribution in [-0.2, 0) is 29.0 Å². The molecule has 8 nitrogen and oxygen atoms in total. The first-order valence-electron chi connectivity index (χ1n) is 14.1. The fraction of sp³-hybridized carbons (Fsp3) is 0.433. The quantitative estimate of drug-likeness (QED) is 0.422. The Balaban J connectivity index is 1.15. The van der Waals surface area contributed by atoms with Crippen LogP contribution in [0.25, 0.3) is 10.9 Å². The van der Waals surface area contributed by atoms with Gasteiger partial charge >= 0.3 is 12.2 Å². The highest BCUT2D eigenvalue weighted by molar-refractivity contribution is 6.35. The van der Waals surface area contributed by atoms with Crippen LogP contribution in [0.5, 0.6) is 0 Å². The lowest BCUT2D eigenvalue weighted by Crippen LogP contribution is -2.50. The van der Waals surface area contributed by atoms with E-state index in [0.717, 1.165) is 22.6 Å². The molecule has 0 bridgehead atoms. The van der Waals surface area contributed by atoms with Crippen molar-refractivity contribution in [2.24, 2.45) is 5.92 Å². The minimum atomic E-state index is -4.58. The van der Waals surface area contributed by atoms with Crippen molar-refractivity contribution in [2.45, 2.75) is 50.9 Å². The Morgan fingerprint density at radius 1 is 1.05 bits per heavy atom. The number of urea groups is 1. The lowest BCUT2D eigenvalue weighted by Gasteiger charge is -2.38. The molecule has 2 aromatic carbocycles. The summed E-state index contributed by atoms with van der Waals surface area (Å²) in [5.74, 6) is -1.91. The number of hydrogen-bond acceptors (Lipinski definition) is 3. The number of benzene rings is 2. The molecule has 0 radical (unpaired) electrons. The number of aromatic nitrogens is 1. The largest absolute Gasteiger partial charge is 0.406 e. The Bertz CT molecular complexity index is 1530. The summed E-state index contributed by atoms with van der Waals surface area (Å²) in [6, 6.07) is 10.9. The number of likely N-dealkylation sites (tertiary alicyclic amines) is 1. The summed E-state index contributed by atoms with van der Waals surface area (Å²) in [5.41, 5.74) is 3.78. The summed E-state index contributed by atoms with van der Waals surface area (Å²) >= 11 is 6.45. The van der Waals surface area contributed by atoms with Crippen LogP contribution >= 0.6 is 11.6 Å². The molecule has 0 spiro atoms. The lowest BCUT2D eigenvalue weighted by atomic mass is 9.92. The molecule has 1 aromatic heterocycles. The Morgan fingerprint density at radius 3 is 2.57 bits per heavy atom. The van der Waals surface area contributed by atoms with E-state index in [2.05, 4.69) is 10.3 Å². The molecule has 1 saturated heterocycles. The van der Waals surface area contributed by atoms with Crippen molar-refractivity contribution in [1.82, 2.24) is 19.7 Å². The molecule has 3 aliphatic rings. The van der Waals surface area contributed by atoms with Crippen LogP contribution in [0.2, 0.25) is 5.02 Å².